The number of anilines is 2. The van der Waals surface area contributed by atoms with E-state index in [9.17, 15) is 9.59 Å². The maximum atomic E-state index is 13.5. The molecule has 150 valence electrons. The van der Waals surface area contributed by atoms with Crippen LogP contribution < -0.4 is 10.2 Å². The van der Waals surface area contributed by atoms with Crippen LogP contribution in [-0.4, -0.2) is 11.8 Å². The van der Waals surface area contributed by atoms with Crippen LogP contribution in [-0.2, 0) is 9.59 Å². The number of aryl methyl sites for hydroxylation is 2. The summed E-state index contributed by atoms with van der Waals surface area (Å²) in [6.07, 6.45) is 0. The number of hydrogen-bond acceptors (Lipinski definition) is 3. The molecule has 4 rings (SSSR count). The van der Waals surface area contributed by atoms with E-state index in [0.717, 1.165) is 16.8 Å². The van der Waals surface area contributed by atoms with Crippen molar-refractivity contribution in [2.24, 2.45) is 0 Å². The van der Waals surface area contributed by atoms with Crippen LogP contribution in [0.3, 0.4) is 0 Å². The number of rotatable bonds is 4. The largest absolute Gasteiger partial charge is 0.350 e. The SMILES string of the molecule is Cc1ccc(NC2=C(c3ccccc3)C(=O)N(c3cccc(Cl)c3C)C2=O)c(C)c1. The van der Waals surface area contributed by atoms with Crippen molar-refractivity contribution < 1.29 is 9.59 Å². The summed E-state index contributed by atoms with van der Waals surface area (Å²) < 4.78 is 0. The van der Waals surface area contributed by atoms with Crippen molar-refractivity contribution in [1.29, 1.82) is 0 Å². The van der Waals surface area contributed by atoms with Crippen molar-refractivity contribution in [1.82, 2.24) is 0 Å². The van der Waals surface area contributed by atoms with Gasteiger partial charge in [0, 0.05) is 10.7 Å². The highest BCUT2D eigenvalue weighted by molar-refractivity contribution is 6.46. The summed E-state index contributed by atoms with van der Waals surface area (Å²) >= 11 is 6.26. The lowest BCUT2D eigenvalue weighted by Gasteiger charge is -2.18. The first kappa shape index (κ1) is 19.9. The van der Waals surface area contributed by atoms with E-state index in [2.05, 4.69) is 5.32 Å². The van der Waals surface area contributed by atoms with E-state index in [1.54, 1.807) is 25.1 Å². The van der Waals surface area contributed by atoms with Crippen molar-refractivity contribution in [3.8, 4) is 0 Å². The van der Waals surface area contributed by atoms with Gasteiger partial charge in [-0.15, -0.1) is 0 Å². The zero-order chi connectivity index (χ0) is 21.4. The molecule has 1 aliphatic rings. The van der Waals surface area contributed by atoms with Crippen molar-refractivity contribution in [3.63, 3.8) is 0 Å². The third-order valence-electron chi connectivity index (χ3n) is 5.27. The zero-order valence-electron chi connectivity index (χ0n) is 17.0. The van der Waals surface area contributed by atoms with Crippen LogP contribution in [0.1, 0.15) is 22.3 Å². The molecule has 0 fully saturated rings. The zero-order valence-corrected chi connectivity index (χ0v) is 17.7. The van der Waals surface area contributed by atoms with Gasteiger partial charge in [-0.3, -0.25) is 9.59 Å². The molecule has 3 aromatic rings. The third kappa shape index (κ3) is 3.40. The highest BCUT2D eigenvalue weighted by atomic mass is 35.5. The fourth-order valence-electron chi connectivity index (χ4n) is 3.66. The molecule has 0 saturated carbocycles. The number of nitrogens with one attached hydrogen (secondary N) is 1. The van der Waals surface area contributed by atoms with Gasteiger partial charge in [-0.1, -0.05) is 65.7 Å². The van der Waals surface area contributed by atoms with Crippen LogP contribution in [0.25, 0.3) is 5.57 Å². The summed E-state index contributed by atoms with van der Waals surface area (Å²) in [6.45, 7) is 5.79. The molecule has 1 heterocycles. The lowest BCUT2D eigenvalue weighted by atomic mass is 10.0. The van der Waals surface area contributed by atoms with Crippen LogP contribution in [0.5, 0.6) is 0 Å². The fourth-order valence-corrected chi connectivity index (χ4v) is 3.83. The Hall–Kier alpha value is -3.37. The van der Waals surface area contributed by atoms with Gasteiger partial charge in [0.05, 0.1) is 11.3 Å². The van der Waals surface area contributed by atoms with Crippen molar-refractivity contribution >= 4 is 40.4 Å². The van der Waals surface area contributed by atoms with E-state index < -0.39 is 5.91 Å². The van der Waals surface area contributed by atoms with Crippen LogP contribution in [0.15, 0.2) is 72.4 Å². The van der Waals surface area contributed by atoms with Crippen molar-refractivity contribution in [2.75, 3.05) is 10.2 Å². The second-order valence-electron chi connectivity index (χ2n) is 7.39. The first-order valence-corrected chi connectivity index (χ1v) is 10.0. The highest BCUT2D eigenvalue weighted by Gasteiger charge is 2.41. The average molecular weight is 417 g/mol. The number of imide groups is 1. The minimum atomic E-state index is -0.399. The minimum absolute atomic E-state index is 0.262. The summed E-state index contributed by atoms with van der Waals surface area (Å²) in [4.78, 5) is 28.2. The monoisotopic (exact) mass is 416 g/mol. The van der Waals surface area contributed by atoms with Gasteiger partial charge in [0.25, 0.3) is 11.8 Å². The fraction of sp³-hybridized carbons (Fsp3) is 0.120. The minimum Gasteiger partial charge on any atom is -0.350 e. The number of hydrogen-bond donors (Lipinski definition) is 1. The molecule has 0 unspecified atom stereocenters. The molecule has 0 aromatic heterocycles. The number of halogens is 1. The van der Waals surface area contributed by atoms with Gasteiger partial charge >= 0.3 is 0 Å². The Morgan fingerprint density at radius 2 is 1.57 bits per heavy atom. The molecule has 0 spiro atoms. The van der Waals surface area contributed by atoms with Gasteiger partial charge in [0.15, 0.2) is 0 Å². The normalized spacial score (nSPS) is 13.9. The Bertz CT molecular complexity index is 1200. The number of benzene rings is 3. The smallest absolute Gasteiger partial charge is 0.282 e. The molecule has 4 nitrogen and oxygen atoms in total. The third-order valence-corrected chi connectivity index (χ3v) is 5.68. The Morgan fingerprint density at radius 1 is 0.833 bits per heavy atom. The Balaban J connectivity index is 1.86. The maximum absolute atomic E-state index is 13.5. The highest BCUT2D eigenvalue weighted by Crippen LogP contribution is 2.37. The molecule has 1 aliphatic heterocycles. The molecule has 0 aliphatic carbocycles. The average Bonchev–Trinajstić information content (AvgIpc) is 2.96. The Labute approximate surface area is 180 Å². The summed E-state index contributed by atoms with van der Waals surface area (Å²) in [5, 5.41) is 3.74. The van der Waals surface area contributed by atoms with Crippen LogP contribution >= 0.6 is 11.6 Å². The molecule has 0 radical (unpaired) electrons. The topological polar surface area (TPSA) is 49.4 Å². The summed E-state index contributed by atoms with van der Waals surface area (Å²) in [6, 6.07) is 20.4. The van der Waals surface area contributed by atoms with Gasteiger partial charge in [-0.05, 0) is 55.7 Å². The van der Waals surface area contributed by atoms with E-state index >= 15 is 0 Å². The van der Waals surface area contributed by atoms with Crippen LogP contribution in [0.4, 0.5) is 11.4 Å². The standard InChI is InChI=1S/C25H21ClN2O2/c1-15-12-13-20(16(2)14-15)27-23-22(18-8-5-4-6-9-18)24(29)28(25(23)30)21-11-7-10-19(26)17(21)3/h4-14,27H,1-3H3. The number of amides is 2. The Morgan fingerprint density at radius 3 is 2.27 bits per heavy atom. The molecular weight excluding hydrogens is 396 g/mol. The molecule has 30 heavy (non-hydrogen) atoms. The summed E-state index contributed by atoms with van der Waals surface area (Å²) in [7, 11) is 0. The summed E-state index contributed by atoms with van der Waals surface area (Å²) in [5.41, 5.74) is 5.37. The molecule has 2 amide bonds. The number of carbonyl (C=O) groups is 2. The first-order chi connectivity index (χ1) is 14.4. The van der Waals surface area contributed by atoms with Gasteiger partial charge in [0.2, 0.25) is 0 Å². The summed E-state index contributed by atoms with van der Waals surface area (Å²) in [5.74, 6) is -0.770. The predicted octanol–water partition coefficient (Wildman–Crippen LogP) is 5.66. The lowest BCUT2D eigenvalue weighted by Crippen LogP contribution is -2.33. The molecule has 1 N–H and O–H groups in total. The van der Waals surface area contributed by atoms with Gasteiger partial charge in [0.1, 0.15) is 5.70 Å². The van der Waals surface area contributed by atoms with Crippen molar-refractivity contribution in [2.45, 2.75) is 20.8 Å². The second-order valence-corrected chi connectivity index (χ2v) is 7.80. The van der Waals surface area contributed by atoms with Gasteiger partial charge in [-0.2, -0.15) is 0 Å². The van der Waals surface area contributed by atoms with Gasteiger partial charge < -0.3 is 5.32 Å². The molecule has 0 saturated heterocycles. The molecule has 0 bridgehead atoms. The van der Waals surface area contributed by atoms with E-state index in [4.69, 9.17) is 11.6 Å². The first-order valence-electron chi connectivity index (χ1n) is 9.66. The van der Waals surface area contributed by atoms with Crippen molar-refractivity contribution in [3.05, 3.63) is 99.7 Å². The van der Waals surface area contributed by atoms with E-state index in [-0.39, 0.29) is 11.6 Å². The molecular formula is C25H21ClN2O2. The molecule has 3 aromatic carbocycles. The molecule has 5 heteroatoms. The maximum Gasteiger partial charge on any atom is 0.282 e. The Kier molecular flexibility index (Phi) is 5.18. The molecule has 0 atom stereocenters. The predicted molar refractivity (Wildman–Crippen MR) is 122 cm³/mol. The quantitative estimate of drug-likeness (QED) is 0.558. The van der Waals surface area contributed by atoms with E-state index in [1.807, 2.05) is 62.4 Å². The number of carbonyl (C=O) groups excluding carboxylic acids is 2. The van der Waals surface area contributed by atoms with E-state index in [0.29, 0.717) is 27.4 Å². The number of nitrogens with zero attached hydrogens (tertiary/aromatic N) is 1. The second kappa shape index (κ2) is 7.81. The van der Waals surface area contributed by atoms with E-state index in [1.165, 1.54) is 4.90 Å². The van der Waals surface area contributed by atoms with Crippen LogP contribution in [0.2, 0.25) is 5.02 Å². The van der Waals surface area contributed by atoms with Gasteiger partial charge in [-0.25, -0.2) is 4.90 Å². The lowest BCUT2D eigenvalue weighted by molar-refractivity contribution is -0.120. The van der Waals surface area contributed by atoms with Crippen LogP contribution in [0, 0.1) is 20.8 Å².